The van der Waals surface area contributed by atoms with Gasteiger partial charge in [-0.15, -0.1) is 0 Å². The molecule has 0 atom stereocenters. The van der Waals surface area contributed by atoms with E-state index in [-0.39, 0.29) is 0 Å². The fourth-order valence-electron chi connectivity index (χ4n) is 0.797. The molecule has 0 bridgehead atoms. The van der Waals surface area contributed by atoms with Crippen molar-refractivity contribution < 1.29 is 0 Å². The molecule has 56 valence electrons. The summed E-state index contributed by atoms with van der Waals surface area (Å²) >= 11 is 3.23. The van der Waals surface area contributed by atoms with Gasteiger partial charge in [0.1, 0.15) is 4.60 Å². The van der Waals surface area contributed by atoms with Gasteiger partial charge in [-0.1, -0.05) is 6.92 Å². The molecule has 0 aliphatic rings. The molecule has 0 N–H and O–H groups in total. The summed E-state index contributed by atoms with van der Waals surface area (Å²) in [5.41, 5.74) is 1.60. The van der Waals surface area contributed by atoms with Crippen molar-refractivity contribution in [1.82, 2.24) is 4.98 Å². The standard InChI is InChI=1S/C8H7BrN2/c1-2-7-3-6(5-10)4-8(9)11-7/h3-4H,2H2,1H3. The first kappa shape index (κ1) is 8.22. The molecule has 0 aliphatic carbocycles. The minimum absolute atomic E-state index is 0.656. The molecule has 0 unspecified atom stereocenters. The lowest BCUT2D eigenvalue weighted by atomic mass is 10.2. The fraction of sp³-hybridized carbons (Fsp3) is 0.250. The van der Waals surface area contributed by atoms with Gasteiger partial charge in [0.15, 0.2) is 0 Å². The smallest absolute Gasteiger partial charge is 0.107 e. The van der Waals surface area contributed by atoms with Gasteiger partial charge in [-0.2, -0.15) is 5.26 Å². The summed E-state index contributed by atoms with van der Waals surface area (Å²) in [4.78, 5) is 4.17. The number of pyridine rings is 1. The zero-order chi connectivity index (χ0) is 8.27. The summed E-state index contributed by atoms with van der Waals surface area (Å²) in [5.74, 6) is 0. The highest BCUT2D eigenvalue weighted by Gasteiger charge is 1.97. The minimum atomic E-state index is 0.656. The molecule has 0 saturated heterocycles. The van der Waals surface area contributed by atoms with Crippen LogP contribution in [0.3, 0.4) is 0 Å². The van der Waals surface area contributed by atoms with Crippen molar-refractivity contribution in [2.75, 3.05) is 0 Å². The molecule has 0 amide bonds. The Hall–Kier alpha value is -0.880. The lowest BCUT2D eigenvalue weighted by Crippen LogP contribution is -1.88. The number of aromatic nitrogens is 1. The van der Waals surface area contributed by atoms with Crippen LogP contribution in [0.2, 0.25) is 0 Å². The highest BCUT2D eigenvalue weighted by Crippen LogP contribution is 2.10. The van der Waals surface area contributed by atoms with Crippen LogP contribution in [0.15, 0.2) is 16.7 Å². The summed E-state index contributed by atoms with van der Waals surface area (Å²) in [7, 11) is 0. The highest BCUT2D eigenvalue weighted by molar-refractivity contribution is 9.10. The Morgan fingerprint density at radius 2 is 2.36 bits per heavy atom. The maximum atomic E-state index is 8.58. The van der Waals surface area contributed by atoms with E-state index in [9.17, 15) is 0 Å². The van der Waals surface area contributed by atoms with Crippen molar-refractivity contribution in [3.05, 3.63) is 28.0 Å². The Morgan fingerprint density at radius 3 is 2.91 bits per heavy atom. The third-order valence-electron chi connectivity index (χ3n) is 1.34. The van der Waals surface area contributed by atoms with E-state index in [4.69, 9.17) is 5.26 Å². The summed E-state index contributed by atoms with van der Waals surface area (Å²) in [6, 6.07) is 5.58. The molecule has 0 fully saturated rings. The van der Waals surface area contributed by atoms with Gasteiger partial charge in [-0.3, -0.25) is 0 Å². The normalized spacial score (nSPS) is 9.18. The topological polar surface area (TPSA) is 36.7 Å². The Kier molecular flexibility index (Phi) is 2.61. The van der Waals surface area contributed by atoms with Gasteiger partial charge < -0.3 is 0 Å². The monoisotopic (exact) mass is 210 g/mol. The van der Waals surface area contributed by atoms with Crippen LogP contribution in [0.5, 0.6) is 0 Å². The zero-order valence-electron chi connectivity index (χ0n) is 6.13. The van der Waals surface area contributed by atoms with Crippen LogP contribution < -0.4 is 0 Å². The van der Waals surface area contributed by atoms with Crippen LogP contribution in [0.1, 0.15) is 18.2 Å². The van der Waals surface area contributed by atoms with E-state index >= 15 is 0 Å². The second-order valence-corrected chi connectivity index (χ2v) is 2.95. The predicted molar refractivity (Wildman–Crippen MR) is 46.0 cm³/mol. The maximum Gasteiger partial charge on any atom is 0.107 e. The number of aryl methyl sites for hydroxylation is 1. The number of halogens is 1. The third kappa shape index (κ3) is 2.02. The second-order valence-electron chi connectivity index (χ2n) is 2.14. The molecule has 1 aromatic heterocycles. The van der Waals surface area contributed by atoms with Gasteiger partial charge in [0.05, 0.1) is 11.6 Å². The van der Waals surface area contributed by atoms with Gasteiger partial charge in [0.25, 0.3) is 0 Å². The Labute approximate surface area is 74.0 Å². The Bertz CT molecular complexity index is 301. The van der Waals surface area contributed by atoms with Crippen molar-refractivity contribution in [3.8, 4) is 6.07 Å². The molecule has 3 heteroatoms. The first-order valence-electron chi connectivity index (χ1n) is 3.33. The first-order chi connectivity index (χ1) is 5.26. The quantitative estimate of drug-likeness (QED) is 0.668. The minimum Gasteiger partial charge on any atom is -0.246 e. The lowest BCUT2D eigenvalue weighted by molar-refractivity contribution is 1.02. The van der Waals surface area contributed by atoms with E-state index in [0.717, 1.165) is 16.7 Å². The van der Waals surface area contributed by atoms with E-state index in [2.05, 4.69) is 27.0 Å². The van der Waals surface area contributed by atoms with Crippen molar-refractivity contribution >= 4 is 15.9 Å². The molecule has 1 aromatic rings. The van der Waals surface area contributed by atoms with Crippen LogP contribution in [0, 0.1) is 11.3 Å². The van der Waals surface area contributed by atoms with Crippen LogP contribution >= 0.6 is 15.9 Å². The molecule has 1 rings (SSSR count). The predicted octanol–water partition coefficient (Wildman–Crippen LogP) is 2.28. The second kappa shape index (κ2) is 3.49. The average molecular weight is 211 g/mol. The average Bonchev–Trinajstić information content (AvgIpc) is 2.03. The molecule has 0 radical (unpaired) electrons. The molecule has 2 nitrogen and oxygen atoms in total. The van der Waals surface area contributed by atoms with Gasteiger partial charge >= 0.3 is 0 Å². The SMILES string of the molecule is CCc1cc(C#N)cc(Br)n1. The van der Waals surface area contributed by atoms with E-state index in [1.54, 1.807) is 12.1 Å². The molecule has 0 spiro atoms. The lowest BCUT2D eigenvalue weighted by Gasteiger charge is -1.96. The van der Waals surface area contributed by atoms with Crippen LogP contribution in [0.25, 0.3) is 0 Å². The summed E-state index contributed by atoms with van der Waals surface area (Å²) in [5, 5.41) is 8.58. The Balaban J connectivity index is 3.15. The highest BCUT2D eigenvalue weighted by atomic mass is 79.9. The maximum absolute atomic E-state index is 8.58. The number of nitriles is 1. The largest absolute Gasteiger partial charge is 0.246 e. The molecule has 0 aliphatic heterocycles. The van der Waals surface area contributed by atoms with E-state index < -0.39 is 0 Å². The molecule has 0 aromatic carbocycles. The van der Waals surface area contributed by atoms with E-state index in [1.807, 2.05) is 6.92 Å². The molecule has 0 saturated carbocycles. The summed E-state index contributed by atoms with van der Waals surface area (Å²) in [6.45, 7) is 2.01. The molecular formula is C8H7BrN2. The zero-order valence-corrected chi connectivity index (χ0v) is 7.72. The van der Waals surface area contributed by atoms with Crippen molar-refractivity contribution in [1.29, 1.82) is 5.26 Å². The van der Waals surface area contributed by atoms with Crippen LogP contribution in [-0.2, 0) is 6.42 Å². The van der Waals surface area contributed by atoms with Gasteiger partial charge in [-0.25, -0.2) is 4.98 Å². The number of nitrogens with zero attached hydrogens (tertiary/aromatic N) is 2. The van der Waals surface area contributed by atoms with Crippen LogP contribution in [0.4, 0.5) is 0 Å². The fourth-order valence-corrected chi connectivity index (χ4v) is 1.27. The Morgan fingerprint density at radius 1 is 1.64 bits per heavy atom. The van der Waals surface area contributed by atoms with Gasteiger partial charge in [-0.05, 0) is 34.5 Å². The molecular weight excluding hydrogens is 204 g/mol. The third-order valence-corrected chi connectivity index (χ3v) is 1.74. The van der Waals surface area contributed by atoms with E-state index in [1.165, 1.54) is 0 Å². The van der Waals surface area contributed by atoms with Gasteiger partial charge in [0.2, 0.25) is 0 Å². The number of rotatable bonds is 1. The summed E-state index contributed by atoms with van der Waals surface area (Å²) in [6.07, 6.45) is 0.855. The van der Waals surface area contributed by atoms with Crippen LogP contribution in [-0.4, -0.2) is 4.98 Å². The first-order valence-corrected chi connectivity index (χ1v) is 4.12. The summed E-state index contributed by atoms with van der Waals surface area (Å²) < 4.78 is 0.730. The number of hydrogen-bond donors (Lipinski definition) is 0. The van der Waals surface area contributed by atoms with Crippen molar-refractivity contribution in [2.45, 2.75) is 13.3 Å². The molecule has 1 heterocycles. The van der Waals surface area contributed by atoms with E-state index in [0.29, 0.717) is 5.56 Å². The van der Waals surface area contributed by atoms with Crippen molar-refractivity contribution in [3.63, 3.8) is 0 Å². The molecule has 11 heavy (non-hydrogen) atoms. The number of hydrogen-bond acceptors (Lipinski definition) is 2. The van der Waals surface area contributed by atoms with Gasteiger partial charge in [0, 0.05) is 5.69 Å². The van der Waals surface area contributed by atoms with Crippen molar-refractivity contribution in [2.24, 2.45) is 0 Å².